The minimum atomic E-state index is 0.467. The zero-order valence-corrected chi connectivity index (χ0v) is 11.4. The molecule has 0 bridgehead atoms. The summed E-state index contributed by atoms with van der Waals surface area (Å²) < 4.78 is 9.13. The Hall–Kier alpha value is -0.940. The van der Waals surface area contributed by atoms with Crippen molar-refractivity contribution < 1.29 is 4.84 Å². The van der Waals surface area contributed by atoms with E-state index in [0.717, 1.165) is 20.7 Å². The molecule has 16 heavy (non-hydrogen) atoms. The minimum Gasteiger partial charge on any atom is -0.366 e. The fraction of sp³-hybridized carbons (Fsp3) is 0.111. The quantitative estimate of drug-likeness (QED) is 0.864. The van der Waals surface area contributed by atoms with Gasteiger partial charge in [-0.1, -0.05) is 18.2 Å². The average Bonchev–Trinajstić information content (AvgIpc) is 2.33. The Balaban J connectivity index is 2.08. The van der Waals surface area contributed by atoms with Crippen LogP contribution in [-0.4, -0.2) is 13.3 Å². The van der Waals surface area contributed by atoms with Crippen molar-refractivity contribution in [2.75, 3.05) is 0 Å². The standard InChI is InChI=1S/C9H12N3OP3/c1-2-3-8-4-6-9(7-5-8)13-12-15-10-14-11-16-12/h2,4-7,10,14-15H,1,3H2. The summed E-state index contributed by atoms with van der Waals surface area (Å²) in [7, 11) is 1.83. The zero-order chi connectivity index (χ0) is 11.2. The average molecular weight is 271 g/mol. The number of benzene rings is 1. The molecule has 0 amide bonds. The van der Waals surface area contributed by atoms with Crippen molar-refractivity contribution in [2.45, 2.75) is 6.42 Å². The van der Waals surface area contributed by atoms with Gasteiger partial charge in [0.25, 0.3) is 0 Å². The van der Waals surface area contributed by atoms with E-state index in [4.69, 9.17) is 4.84 Å². The maximum atomic E-state index is 5.64. The third-order valence-corrected chi connectivity index (χ3v) is 4.63. The summed E-state index contributed by atoms with van der Waals surface area (Å²) in [6.07, 6.45) is 2.78. The van der Waals surface area contributed by atoms with Crippen molar-refractivity contribution in [3.05, 3.63) is 42.5 Å². The SMILES string of the molecule is C=CCc1ccc(On2pn[pH][nH][pH]2)cc1. The molecule has 2 rings (SSSR count). The second-order valence-corrected chi connectivity index (χ2v) is 6.61. The first-order valence-electron chi connectivity index (χ1n) is 4.73. The second kappa shape index (κ2) is 5.96. The van der Waals surface area contributed by atoms with Crippen molar-refractivity contribution in [1.82, 2.24) is 13.3 Å². The molecule has 2 unspecified atom stereocenters. The van der Waals surface area contributed by atoms with Crippen LogP contribution in [0.2, 0.25) is 0 Å². The van der Waals surface area contributed by atoms with Crippen LogP contribution in [0, 0.1) is 0 Å². The van der Waals surface area contributed by atoms with Gasteiger partial charge in [0.05, 0.1) is 8.51 Å². The molecule has 0 spiro atoms. The number of allylic oxidation sites excluding steroid dienone is 1. The van der Waals surface area contributed by atoms with Crippen molar-refractivity contribution >= 4 is 25.5 Å². The van der Waals surface area contributed by atoms with Crippen LogP contribution in [0.1, 0.15) is 5.56 Å². The van der Waals surface area contributed by atoms with Crippen LogP contribution in [0.4, 0.5) is 0 Å². The summed E-state index contributed by atoms with van der Waals surface area (Å²) in [5.41, 5.74) is 1.24. The highest BCUT2D eigenvalue weighted by molar-refractivity contribution is 7.44. The van der Waals surface area contributed by atoms with E-state index >= 15 is 0 Å². The fourth-order valence-electron chi connectivity index (χ4n) is 1.18. The zero-order valence-electron chi connectivity index (χ0n) is 8.55. The maximum absolute atomic E-state index is 5.64. The molecule has 1 N–H and O–H groups in total. The van der Waals surface area contributed by atoms with Crippen LogP contribution in [0.15, 0.2) is 36.9 Å². The van der Waals surface area contributed by atoms with Crippen molar-refractivity contribution in [2.24, 2.45) is 0 Å². The summed E-state index contributed by atoms with van der Waals surface area (Å²) in [4.78, 5) is 5.64. The lowest BCUT2D eigenvalue weighted by Crippen LogP contribution is -1.97. The summed E-state index contributed by atoms with van der Waals surface area (Å²) in [5, 5.41) is 0. The molecular weight excluding hydrogens is 259 g/mol. The van der Waals surface area contributed by atoms with E-state index in [1.54, 1.807) is 4.26 Å². The van der Waals surface area contributed by atoms with Crippen LogP contribution in [0.5, 0.6) is 5.75 Å². The Morgan fingerprint density at radius 2 is 2.31 bits per heavy atom. The third kappa shape index (κ3) is 3.28. The molecule has 0 aliphatic carbocycles. The summed E-state index contributed by atoms with van der Waals surface area (Å²) in [6, 6.07) is 8.03. The van der Waals surface area contributed by atoms with Gasteiger partial charge in [0.15, 0.2) is 14.3 Å². The van der Waals surface area contributed by atoms with Crippen molar-refractivity contribution in [1.29, 1.82) is 0 Å². The summed E-state index contributed by atoms with van der Waals surface area (Å²) >= 11 is 0. The normalized spacial score (nSPS) is 11.2. The number of H-pyrrole nitrogens is 1. The molecule has 0 aliphatic heterocycles. The van der Waals surface area contributed by atoms with Gasteiger partial charge < -0.3 is 9.35 Å². The smallest absolute Gasteiger partial charge is 0.182 e. The second-order valence-electron chi connectivity index (χ2n) is 3.04. The predicted molar refractivity (Wildman–Crippen MR) is 72.1 cm³/mol. The van der Waals surface area contributed by atoms with Crippen molar-refractivity contribution in [3.8, 4) is 5.75 Å². The molecule has 2 atom stereocenters. The molecule has 0 fully saturated rings. The van der Waals surface area contributed by atoms with Crippen LogP contribution >= 0.6 is 25.5 Å². The molecule has 1 heterocycles. The molecule has 0 radical (unpaired) electrons. The Morgan fingerprint density at radius 3 is 2.94 bits per heavy atom. The molecule has 7 heteroatoms. The number of hydrogen-bond acceptors (Lipinski definition) is 2. The first-order valence-corrected chi connectivity index (χ1v) is 7.42. The fourth-order valence-corrected chi connectivity index (χ4v) is 4.23. The highest BCUT2D eigenvalue weighted by Gasteiger charge is 1.95. The molecule has 1 aromatic heterocycles. The van der Waals surface area contributed by atoms with Gasteiger partial charge in [-0.2, -0.15) is 4.51 Å². The Morgan fingerprint density at radius 1 is 1.50 bits per heavy atom. The van der Waals surface area contributed by atoms with E-state index < -0.39 is 0 Å². The molecule has 0 saturated carbocycles. The van der Waals surface area contributed by atoms with E-state index in [0.29, 0.717) is 17.0 Å². The Kier molecular flexibility index (Phi) is 4.30. The number of nitrogens with zero attached hydrogens (tertiary/aromatic N) is 2. The van der Waals surface area contributed by atoms with Crippen LogP contribution in [-0.2, 0) is 6.42 Å². The predicted octanol–water partition coefficient (Wildman–Crippen LogP) is 3.55. The van der Waals surface area contributed by atoms with Crippen LogP contribution in [0.25, 0.3) is 0 Å². The summed E-state index contributed by atoms with van der Waals surface area (Å²) in [5.74, 6) is 0.843. The first kappa shape index (κ1) is 11.5. The molecule has 0 saturated heterocycles. The lowest BCUT2D eigenvalue weighted by molar-refractivity contribution is 0.277. The van der Waals surface area contributed by atoms with Gasteiger partial charge in [-0.05, 0) is 24.1 Å². The third-order valence-electron chi connectivity index (χ3n) is 1.88. The molecule has 2 aromatic rings. The minimum absolute atomic E-state index is 0.467. The van der Waals surface area contributed by atoms with Crippen LogP contribution in [0.3, 0.4) is 0 Å². The number of aromatic nitrogens is 3. The lowest BCUT2D eigenvalue weighted by atomic mass is 10.1. The summed E-state index contributed by atoms with van der Waals surface area (Å²) in [6.45, 7) is 3.71. The number of nitrogens with one attached hydrogen (secondary N) is 1. The highest BCUT2D eigenvalue weighted by atomic mass is 31.1. The van der Waals surface area contributed by atoms with E-state index in [1.807, 2.05) is 30.3 Å². The molecular formula is C9H12N3OP3. The topological polar surface area (TPSA) is 42.8 Å². The van der Waals surface area contributed by atoms with Gasteiger partial charge >= 0.3 is 0 Å². The van der Waals surface area contributed by atoms with Gasteiger partial charge in [0, 0.05) is 8.51 Å². The van der Waals surface area contributed by atoms with E-state index in [-0.39, 0.29) is 0 Å². The van der Waals surface area contributed by atoms with Gasteiger partial charge in [0.2, 0.25) is 0 Å². The van der Waals surface area contributed by atoms with E-state index in [2.05, 4.69) is 15.6 Å². The van der Waals surface area contributed by atoms with E-state index in [9.17, 15) is 0 Å². The monoisotopic (exact) mass is 271 g/mol. The lowest BCUT2D eigenvalue weighted by Gasteiger charge is -2.06. The molecule has 0 aliphatic rings. The number of aromatic amines is 1. The van der Waals surface area contributed by atoms with E-state index in [1.165, 1.54) is 5.56 Å². The highest BCUT2D eigenvalue weighted by Crippen LogP contribution is 2.18. The maximum Gasteiger partial charge on any atom is 0.182 e. The van der Waals surface area contributed by atoms with Crippen LogP contribution < -0.4 is 4.84 Å². The van der Waals surface area contributed by atoms with Gasteiger partial charge in [0.1, 0.15) is 0 Å². The number of hydrogen-bond donors (Lipinski definition) is 1. The molecule has 4 nitrogen and oxygen atoms in total. The van der Waals surface area contributed by atoms with Gasteiger partial charge in [-0.15, -0.1) is 10.8 Å². The Labute approximate surface area is 98.7 Å². The van der Waals surface area contributed by atoms with Crippen molar-refractivity contribution in [3.63, 3.8) is 0 Å². The largest absolute Gasteiger partial charge is 0.366 e. The number of rotatable bonds is 4. The first-order chi connectivity index (χ1) is 7.88. The molecule has 84 valence electrons. The Bertz CT molecular complexity index is 463. The van der Waals surface area contributed by atoms with Gasteiger partial charge in [-0.25, -0.2) is 0 Å². The molecule has 1 aromatic carbocycles. The van der Waals surface area contributed by atoms with Gasteiger partial charge in [-0.3, -0.25) is 0 Å².